The molecule has 0 radical (unpaired) electrons. The lowest BCUT2D eigenvalue weighted by Crippen LogP contribution is -2.29. The van der Waals surface area contributed by atoms with Crippen molar-refractivity contribution in [2.45, 2.75) is 19.4 Å². The molecule has 1 heterocycles. The van der Waals surface area contributed by atoms with Crippen LogP contribution in [0.4, 0.5) is 0 Å². The number of allylic oxidation sites excluding steroid dienone is 2. The zero-order valence-corrected chi connectivity index (χ0v) is 18.4. The van der Waals surface area contributed by atoms with Gasteiger partial charge >= 0.3 is 5.97 Å². The summed E-state index contributed by atoms with van der Waals surface area (Å²) in [5.74, 6) is -0.343. The summed E-state index contributed by atoms with van der Waals surface area (Å²) in [6, 6.07) is 25.0. The molecule has 1 aliphatic heterocycles. The van der Waals surface area contributed by atoms with E-state index in [1.54, 1.807) is 0 Å². The van der Waals surface area contributed by atoms with E-state index < -0.39 is 11.9 Å². The van der Waals surface area contributed by atoms with Gasteiger partial charge in [-0.2, -0.15) is 0 Å². The normalized spacial score (nSPS) is 16.8. The monoisotopic (exact) mass is 437 g/mol. The molecule has 5 heteroatoms. The second-order valence-electron chi connectivity index (χ2n) is 8.09. The van der Waals surface area contributed by atoms with Gasteiger partial charge in [-0.05, 0) is 30.2 Å². The van der Waals surface area contributed by atoms with E-state index in [1.807, 2.05) is 85.8 Å². The number of carbonyl (C=O) groups excluding carboxylic acids is 2. The maximum absolute atomic E-state index is 13.4. The fourth-order valence-corrected chi connectivity index (χ4v) is 4.54. The van der Waals surface area contributed by atoms with E-state index >= 15 is 0 Å². The van der Waals surface area contributed by atoms with Crippen LogP contribution in [-0.2, 0) is 16.1 Å². The minimum Gasteiger partial charge on any atom is -0.489 e. The second-order valence-corrected chi connectivity index (χ2v) is 8.09. The molecule has 33 heavy (non-hydrogen) atoms. The number of methoxy groups -OCH3 is 1. The predicted octanol–water partition coefficient (Wildman–Crippen LogP) is 5.01. The van der Waals surface area contributed by atoms with Gasteiger partial charge in [0.25, 0.3) is 0 Å². The van der Waals surface area contributed by atoms with E-state index in [0.29, 0.717) is 34.8 Å². The van der Waals surface area contributed by atoms with Crippen LogP contribution in [0, 0.1) is 0 Å². The van der Waals surface area contributed by atoms with E-state index in [9.17, 15) is 9.59 Å². The Morgan fingerprint density at radius 2 is 1.58 bits per heavy atom. The van der Waals surface area contributed by atoms with Crippen LogP contribution in [0.1, 0.15) is 39.9 Å². The third-order valence-electron chi connectivity index (χ3n) is 6.12. The Morgan fingerprint density at radius 1 is 0.909 bits per heavy atom. The number of nitrogens with one attached hydrogen (secondary N) is 1. The van der Waals surface area contributed by atoms with Crippen molar-refractivity contribution in [3.05, 3.63) is 118 Å². The van der Waals surface area contributed by atoms with Crippen LogP contribution < -0.4 is 10.1 Å². The molecule has 1 atom stereocenters. The molecule has 5 rings (SSSR count). The first-order valence-corrected chi connectivity index (χ1v) is 10.8. The van der Waals surface area contributed by atoms with Gasteiger partial charge in [0, 0.05) is 28.3 Å². The van der Waals surface area contributed by atoms with Gasteiger partial charge in [-0.1, -0.05) is 66.7 Å². The van der Waals surface area contributed by atoms with Crippen molar-refractivity contribution in [2.24, 2.45) is 0 Å². The Kier molecular flexibility index (Phi) is 5.31. The van der Waals surface area contributed by atoms with Crippen molar-refractivity contribution >= 4 is 17.4 Å². The zero-order chi connectivity index (χ0) is 22.9. The van der Waals surface area contributed by atoms with Gasteiger partial charge in [0.05, 0.1) is 18.4 Å². The van der Waals surface area contributed by atoms with Gasteiger partial charge in [0.1, 0.15) is 12.4 Å². The molecule has 3 aromatic rings. The maximum Gasteiger partial charge on any atom is 0.336 e. The third kappa shape index (κ3) is 3.61. The van der Waals surface area contributed by atoms with Crippen molar-refractivity contribution in [3.8, 4) is 5.75 Å². The summed E-state index contributed by atoms with van der Waals surface area (Å²) < 4.78 is 11.0. The van der Waals surface area contributed by atoms with Crippen molar-refractivity contribution in [3.63, 3.8) is 0 Å². The Balaban J connectivity index is 1.51. The SMILES string of the molecule is COC(=O)C1=C(C)NC2=C(C(=O)c3ccccc32)C1c1ccc(OCc2ccccc2)cc1. The van der Waals surface area contributed by atoms with Crippen LogP contribution in [0.5, 0.6) is 5.75 Å². The molecule has 0 amide bonds. The molecule has 1 aliphatic carbocycles. The van der Waals surface area contributed by atoms with E-state index in [-0.39, 0.29) is 5.78 Å². The average molecular weight is 437 g/mol. The highest BCUT2D eigenvalue weighted by molar-refractivity contribution is 6.23. The van der Waals surface area contributed by atoms with Gasteiger partial charge in [-0.3, -0.25) is 4.79 Å². The number of benzene rings is 3. The molecule has 2 aliphatic rings. The van der Waals surface area contributed by atoms with Crippen LogP contribution in [-0.4, -0.2) is 18.9 Å². The minimum absolute atomic E-state index is 0.0728. The first kappa shape index (κ1) is 20.8. The number of dihydropyridines is 1. The van der Waals surface area contributed by atoms with Gasteiger partial charge in [0.15, 0.2) is 5.78 Å². The number of fused-ring (bicyclic) bond motifs is 2. The van der Waals surface area contributed by atoms with E-state index in [0.717, 1.165) is 22.4 Å². The number of rotatable bonds is 5. The molecule has 1 N–H and O–H groups in total. The molecule has 0 aromatic heterocycles. The zero-order valence-electron chi connectivity index (χ0n) is 18.4. The number of ether oxygens (including phenoxy) is 2. The summed E-state index contributed by atoms with van der Waals surface area (Å²) in [6.07, 6.45) is 0. The van der Waals surface area contributed by atoms with Crippen LogP contribution in [0.15, 0.2) is 95.7 Å². The number of esters is 1. The largest absolute Gasteiger partial charge is 0.489 e. The number of hydrogen-bond acceptors (Lipinski definition) is 5. The molecular formula is C28H23NO4. The molecule has 0 saturated heterocycles. The summed E-state index contributed by atoms with van der Waals surface area (Å²) in [7, 11) is 1.36. The third-order valence-corrected chi connectivity index (χ3v) is 6.12. The number of carbonyl (C=O) groups is 2. The number of ketones is 1. The Morgan fingerprint density at radius 3 is 2.27 bits per heavy atom. The lowest BCUT2D eigenvalue weighted by Gasteiger charge is -2.29. The average Bonchev–Trinajstić information content (AvgIpc) is 3.14. The van der Waals surface area contributed by atoms with Gasteiger partial charge < -0.3 is 14.8 Å². The number of hydrogen-bond donors (Lipinski definition) is 1. The van der Waals surface area contributed by atoms with E-state index in [4.69, 9.17) is 9.47 Å². The van der Waals surface area contributed by atoms with Crippen molar-refractivity contribution in [2.75, 3.05) is 7.11 Å². The Labute approximate surface area is 192 Å². The van der Waals surface area contributed by atoms with E-state index in [1.165, 1.54) is 7.11 Å². The fourth-order valence-electron chi connectivity index (χ4n) is 4.54. The van der Waals surface area contributed by atoms with Gasteiger partial charge in [-0.15, -0.1) is 0 Å². The van der Waals surface area contributed by atoms with Crippen LogP contribution >= 0.6 is 0 Å². The second kappa shape index (κ2) is 8.43. The summed E-state index contributed by atoms with van der Waals surface area (Å²) in [4.78, 5) is 26.2. The smallest absolute Gasteiger partial charge is 0.336 e. The molecule has 0 saturated carbocycles. The van der Waals surface area contributed by atoms with Crippen molar-refractivity contribution < 1.29 is 19.1 Å². The topological polar surface area (TPSA) is 64.6 Å². The summed E-state index contributed by atoms with van der Waals surface area (Å²) in [5, 5.41) is 3.29. The molecular weight excluding hydrogens is 414 g/mol. The number of Topliss-reactive ketones (excluding diaryl/α,β-unsaturated/α-hetero) is 1. The van der Waals surface area contributed by atoms with Crippen molar-refractivity contribution in [1.29, 1.82) is 0 Å². The Bertz CT molecular complexity index is 1300. The summed E-state index contributed by atoms with van der Waals surface area (Å²) in [6.45, 7) is 2.30. The molecule has 0 fully saturated rings. The molecule has 0 spiro atoms. The van der Waals surface area contributed by atoms with E-state index in [2.05, 4.69) is 5.32 Å². The highest BCUT2D eigenvalue weighted by atomic mass is 16.5. The highest BCUT2D eigenvalue weighted by Crippen LogP contribution is 2.46. The maximum atomic E-state index is 13.4. The Hall–Kier alpha value is -4.12. The first-order chi connectivity index (χ1) is 16.1. The molecule has 1 unspecified atom stereocenters. The van der Waals surface area contributed by atoms with Crippen molar-refractivity contribution in [1.82, 2.24) is 5.32 Å². The quantitative estimate of drug-likeness (QED) is 0.569. The molecule has 164 valence electrons. The first-order valence-electron chi connectivity index (χ1n) is 10.8. The minimum atomic E-state index is -0.531. The van der Waals surface area contributed by atoms with Gasteiger partial charge in [-0.25, -0.2) is 4.79 Å². The molecule has 0 bridgehead atoms. The summed E-state index contributed by atoms with van der Waals surface area (Å²) in [5.41, 5.74) is 5.85. The highest BCUT2D eigenvalue weighted by Gasteiger charge is 2.42. The van der Waals surface area contributed by atoms with Crippen LogP contribution in [0.3, 0.4) is 0 Å². The fraction of sp³-hybridized carbons (Fsp3) is 0.143. The van der Waals surface area contributed by atoms with Crippen LogP contribution in [0.25, 0.3) is 5.70 Å². The predicted molar refractivity (Wildman–Crippen MR) is 126 cm³/mol. The lowest BCUT2D eigenvalue weighted by molar-refractivity contribution is -0.136. The lowest BCUT2D eigenvalue weighted by atomic mass is 9.80. The standard InChI is InChI=1S/C28H23NO4/c1-17-23(28(31)32-2)24(25-26(29-17)21-10-6-7-11-22(21)27(25)30)19-12-14-20(15-13-19)33-16-18-8-4-3-5-9-18/h3-15,24,29H,16H2,1-2H3. The molecule has 3 aromatic carbocycles. The van der Waals surface area contributed by atoms with Crippen LogP contribution in [0.2, 0.25) is 0 Å². The molecule has 5 nitrogen and oxygen atoms in total. The van der Waals surface area contributed by atoms with Gasteiger partial charge in [0.2, 0.25) is 0 Å². The summed E-state index contributed by atoms with van der Waals surface area (Å²) >= 11 is 0.